The lowest BCUT2D eigenvalue weighted by Crippen LogP contribution is -2.36. The predicted octanol–water partition coefficient (Wildman–Crippen LogP) is 3.23. The Hall–Kier alpha value is -1.55. The quantitative estimate of drug-likeness (QED) is 0.922. The van der Waals surface area contributed by atoms with Crippen molar-refractivity contribution in [1.29, 1.82) is 0 Å². The number of likely N-dealkylation sites (tertiary alicyclic amines) is 2. The lowest BCUT2D eigenvalue weighted by Gasteiger charge is -2.32. The van der Waals surface area contributed by atoms with Crippen molar-refractivity contribution in [3.63, 3.8) is 0 Å². The number of aromatic hydroxyl groups is 1. The number of rotatable bonds is 4. The van der Waals surface area contributed by atoms with Crippen LogP contribution in [0, 0.1) is 19.8 Å². The molecule has 2 saturated heterocycles. The molecule has 2 fully saturated rings. The first-order valence-electron chi connectivity index (χ1n) is 9.32. The molecule has 2 heterocycles. The van der Waals surface area contributed by atoms with Crippen LogP contribution < -0.4 is 0 Å². The van der Waals surface area contributed by atoms with Gasteiger partial charge in [0, 0.05) is 31.6 Å². The van der Waals surface area contributed by atoms with Gasteiger partial charge in [-0.2, -0.15) is 0 Å². The lowest BCUT2D eigenvalue weighted by atomic mass is 9.92. The average molecular weight is 330 g/mol. The molecular formula is C20H30N2O2. The number of nitrogens with zero attached hydrogens (tertiary/aromatic N) is 2. The van der Waals surface area contributed by atoms with Crippen LogP contribution in [0.1, 0.15) is 48.8 Å². The Balaban J connectivity index is 1.48. The standard InChI is InChI=1S/C20H30N2O2/c1-15-11-18(19(23)12-16(15)2)14-21-9-5-17(6-10-21)13-20(24)22-7-3-4-8-22/h11-12,17,23H,3-10,13-14H2,1-2H3. The predicted molar refractivity (Wildman–Crippen MR) is 96.0 cm³/mol. The Bertz CT molecular complexity index is 586. The first-order chi connectivity index (χ1) is 11.5. The second-order valence-corrected chi connectivity index (χ2v) is 7.58. The molecule has 2 aliphatic rings. The van der Waals surface area contributed by atoms with Gasteiger partial charge in [0.2, 0.25) is 5.91 Å². The van der Waals surface area contributed by atoms with Crippen molar-refractivity contribution in [3.8, 4) is 5.75 Å². The Morgan fingerprint density at radius 1 is 1.08 bits per heavy atom. The lowest BCUT2D eigenvalue weighted by molar-refractivity contribution is -0.131. The summed E-state index contributed by atoms with van der Waals surface area (Å²) >= 11 is 0. The Morgan fingerprint density at radius 3 is 2.38 bits per heavy atom. The van der Waals surface area contributed by atoms with Crippen LogP contribution in [0.4, 0.5) is 0 Å². The number of hydrogen-bond donors (Lipinski definition) is 1. The highest BCUT2D eigenvalue weighted by molar-refractivity contribution is 5.76. The van der Waals surface area contributed by atoms with Crippen LogP contribution in [0.3, 0.4) is 0 Å². The summed E-state index contributed by atoms with van der Waals surface area (Å²) in [5.74, 6) is 1.30. The number of carbonyl (C=O) groups is 1. The molecule has 1 aromatic rings. The average Bonchev–Trinajstić information content (AvgIpc) is 3.09. The fraction of sp³-hybridized carbons (Fsp3) is 0.650. The van der Waals surface area contributed by atoms with Gasteiger partial charge < -0.3 is 10.0 Å². The van der Waals surface area contributed by atoms with E-state index in [1.54, 1.807) is 0 Å². The molecule has 0 atom stereocenters. The van der Waals surface area contributed by atoms with E-state index in [4.69, 9.17) is 0 Å². The van der Waals surface area contributed by atoms with Gasteiger partial charge in [-0.1, -0.05) is 6.07 Å². The minimum Gasteiger partial charge on any atom is -0.508 e. The molecule has 0 aromatic heterocycles. The second kappa shape index (κ2) is 7.56. The highest BCUT2D eigenvalue weighted by atomic mass is 16.3. The van der Waals surface area contributed by atoms with Crippen LogP contribution >= 0.6 is 0 Å². The van der Waals surface area contributed by atoms with Gasteiger partial charge in [0.25, 0.3) is 0 Å². The van der Waals surface area contributed by atoms with Crippen molar-refractivity contribution in [2.45, 2.75) is 52.5 Å². The molecule has 132 valence electrons. The van der Waals surface area contributed by atoms with Gasteiger partial charge in [-0.15, -0.1) is 0 Å². The summed E-state index contributed by atoms with van der Waals surface area (Å²) in [5.41, 5.74) is 3.38. The maximum Gasteiger partial charge on any atom is 0.222 e. The van der Waals surface area contributed by atoms with Gasteiger partial charge in [0.1, 0.15) is 5.75 Å². The monoisotopic (exact) mass is 330 g/mol. The summed E-state index contributed by atoms with van der Waals surface area (Å²) in [7, 11) is 0. The molecule has 0 bridgehead atoms. The third-order valence-electron chi connectivity index (χ3n) is 5.72. The van der Waals surface area contributed by atoms with Crippen LogP contribution in [0.2, 0.25) is 0 Å². The second-order valence-electron chi connectivity index (χ2n) is 7.58. The van der Waals surface area contributed by atoms with Gasteiger partial charge in [-0.05, 0) is 75.7 Å². The maximum absolute atomic E-state index is 12.3. The van der Waals surface area contributed by atoms with E-state index in [-0.39, 0.29) is 0 Å². The van der Waals surface area contributed by atoms with Gasteiger partial charge in [0.05, 0.1) is 0 Å². The van der Waals surface area contributed by atoms with Gasteiger partial charge in [-0.3, -0.25) is 9.69 Å². The fourth-order valence-corrected chi connectivity index (χ4v) is 3.92. The van der Waals surface area contributed by atoms with Crippen molar-refractivity contribution in [3.05, 3.63) is 28.8 Å². The molecule has 4 heteroatoms. The molecule has 0 aliphatic carbocycles. The van der Waals surface area contributed by atoms with Gasteiger partial charge in [-0.25, -0.2) is 0 Å². The smallest absolute Gasteiger partial charge is 0.222 e. The number of amides is 1. The summed E-state index contributed by atoms with van der Waals surface area (Å²) in [4.78, 5) is 16.7. The molecule has 0 saturated carbocycles. The van der Waals surface area contributed by atoms with Crippen molar-refractivity contribution >= 4 is 5.91 Å². The number of hydrogen-bond acceptors (Lipinski definition) is 3. The molecule has 1 aromatic carbocycles. The number of phenolic OH excluding ortho intramolecular Hbond substituents is 1. The summed E-state index contributed by atoms with van der Waals surface area (Å²) in [6, 6.07) is 3.97. The zero-order valence-electron chi connectivity index (χ0n) is 15.1. The SMILES string of the molecule is Cc1cc(O)c(CN2CCC(CC(=O)N3CCCC3)CC2)cc1C. The molecule has 0 unspecified atom stereocenters. The minimum atomic E-state index is 0.359. The number of piperidine rings is 1. The van der Waals surface area contributed by atoms with Crippen LogP contribution in [0.25, 0.3) is 0 Å². The van der Waals surface area contributed by atoms with E-state index in [2.05, 4.69) is 17.9 Å². The highest BCUT2D eigenvalue weighted by Gasteiger charge is 2.25. The molecule has 0 spiro atoms. The first-order valence-corrected chi connectivity index (χ1v) is 9.32. The van der Waals surface area contributed by atoms with Crippen molar-refractivity contribution in [2.75, 3.05) is 26.2 Å². The summed E-state index contributed by atoms with van der Waals surface area (Å²) < 4.78 is 0. The topological polar surface area (TPSA) is 43.8 Å². The zero-order valence-corrected chi connectivity index (χ0v) is 15.1. The van der Waals surface area contributed by atoms with Crippen LogP contribution in [0.5, 0.6) is 5.75 Å². The van der Waals surface area contributed by atoms with Crippen LogP contribution in [0.15, 0.2) is 12.1 Å². The van der Waals surface area contributed by atoms with E-state index in [1.165, 1.54) is 18.4 Å². The van der Waals surface area contributed by atoms with Crippen molar-refractivity contribution in [2.24, 2.45) is 5.92 Å². The summed E-state index contributed by atoms with van der Waals surface area (Å²) in [6.45, 7) is 8.89. The summed E-state index contributed by atoms with van der Waals surface area (Å²) in [5, 5.41) is 10.2. The largest absolute Gasteiger partial charge is 0.508 e. The maximum atomic E-state index is 12.3. The third-order valence-corrected chi connectivity index (χ3v) is 5.72. The fourth-order valence-electron chi connectivity index (χ4n) is 3.92. The molecule has 3 rings (SSSR count). The Kier molecular flexibility index (Phi) is 5.44. The molecule has 2 aliphatic heterocycles. The van der Waals surface area contributed by atoms with Crippen LogP contribution in [-0.2, 0) is 11.3 Å². The molecule has 4 nitrogen and oxygen atoms in total. The Labute approximate surface area is 145 Å². The third kappa shape index (κ3) is 4.10. The Morgan fingerprint density at radius 2 is 1.71 bits per heavy atom. The van der Waals surface area contributed by atoms with E-state index >= 15 is 0 Å². The highest BCUT2D eigenvalue weighted by Crippen LogP contribution is 2.27. The van der Waals surface area contributed by atoms with Gasteiger partial charge >= 0.3 is 0 Å². The minimum absolute atomic E-state index is 0.359. The van der Waals surface area contributed by atoms with Crippen LogP contribution in [-0.4, -0.2) is 47.0 Å². The van der Waals surface area contributed by atoms with E-state index in [1.807, 2.05) is 17.9 Å². The zero-order chi connectivity index (χ0) is 17.1. The molecule has 1 amide bonds. The van der Waals surface area contributed by atoms with Gasteiger partial charge in [0.15, 0.2) is 0 Å². The number of benzene rings is 1. The number of carbonyl (C=O) groups excluding carboxylic acids is 1. The van der Waals surface area contributed by atoms with E-state index in [9.17, 15) is 9.90 Å². The molecular weight excluding hydrogens is 300 g/mol. The normalized spacial score (nSPS) is 19.8. The van der Waals surface area contributed by atoms with E-state index in [0.717, 1.165) is 63.1 Å². The molecule has 24 heavy (non-hydrogen) atoms. The van der Waals surface area contributed by atoms with Crippen molar-refractivity contribution in [1.82, 2.24) is 9.80 Å². The number of aryl methyl sites for hydroxylation is 2. The molecule has 0 radical (unpaired) electrons. The first kappa shape index (κ1) is 17.3. The van der Waals surface area contributed by atoms with E-state index < -0.39 is 0 Å². The number of phenols is 1. The summed E-state index contributed by atoms with van der Waals surface area (Å²) in [6.07, 6.45) is 5.24. The molecule has 1 N–H and O–H groups in total. The van der Waals surface area contributed by atoms with E-state index in [0.29, 0.717) is 17.6 Å². The van der Waals surface area contributed by atoms with Crippen molar-refractivity contribution < 1.29 is 9.90 Å².